The van der Waals surface area contributed by atoms with Crippen LogP contribution in [-0.2, 0) is 0 Å². The molecule has 0 fully saturated rings. The van der Waals surface area contributed by atoms with Crippen LogP contribution in [0.25, 0.3) is 0 Å². The van der Waals surface area contributed by atoms with Crippen LogP contribution in [-0.4, -0.2) is 6.54 Å². The van der Waals surface area contributed by atoms with E-state index in [2.05, 4.69) is 50.2 Å². The van der Waals surface area contributed by atoms with Gasteiger partial charge in [-0.2, -0.15) is 0 Å². The molecule has 5 heteroatoms. The lowest BCUT2D eigenvalue weighted by molar-refractivity contribution is 0.455. The van der Waals surface area contributed by atoms with E-state index in [0.717, 1.165) is 20.6 Å². The Balaban J connectivity index is 2.32. The van der Waals surface area contributed by atoms with Crippen molar-refractivity contribution in [1.29, 1.82) is 0 Å². The van der Waals surface area contributed by atoms with Gasteiger partial charge in [-0.15, -0.1) is 11.3 Å². The molecule has 0 saturated heterocycles. The van der Waals surface area contributed by atoms with Crippen molar-refractivity contribution in [2.45, 2.75) is 13.0 Å². The van der Waals surface area contributed by atoms with Gasteiger partial charge < -0.3 is 9.73 Å². The molecule has 0 amide bonds. The van der Waals surface area contributed by atoms with Crippen molar-refractivity contribution in [3.8, 4) is 0 Å². The molecular weight excluding hydrogens is 354 g/mol. The highest BCUT2D eigenvalue weighted by atomic mass is 79.9. The number of nitrogens with one attached hydrogen (secondary N) is 1. The number of furan rings is 1. The van der Waals surface area contributed by atoms with Crippen LogP contribution in [0, 0.1) is 0 Å². The van der Waals surface area contributed by atoms with E-state index < -0.39 is 0 Å². The molecule has 0 aromatic carbocycles. The Kier molecular flexibility index (Phi) is 4.24. The Morgan fingerprint density at radius 3 is 2.81 bits per heavy atom. The molecule has 2 heterocycles. The maximum Gasteiger partial charge on any atom is 0.126 e. The molecule has 2 aromatic rings. The minimum absolute atomic E-state index is 0.132. The van der Waals surface area contributed by atoms with E-state index in [9.17, 15) is 0 Å². The highest BCUT2D eigenvalue weighted by Crippen LogP contribution is 2.37. The fourth-order valence-electron chi connectivity index (χ4n) is 1.51. The van der Waals surface area contributed by atoms with Crippen LogP contribution in [0.3, 0.4) is 0 Å². The fraction of sp³-hybridized carbons (Fsp3) is 0.273. The van der Waals surface area contributed by atoms with E-state index in [-0.39, 0.29) is 6.04 Å². The van der Waals surface area contributed by atoms with Gasteiger partial charge in [0.15, 0.2) is 0 Å². The summed E-state index contributed by atoms with van der Waals surface area (Å²) in [5.74, 6) is 0.947. The molecule has 0 aliphatic rings. The molecule has 2 nitrogen and oxygen atoms in total. The van der Waals surface area contributed by atoms with Gasteiger partial charge in [-0.05, 0) is 56.6 Å². The smallest absolute Gasteiger partial charge is 0.126 e. The standard InChI is InChI=1S/C11H11Br2NOS/c1-2-14-10(8-4-3-5-15-8)9-6-7(12)11(13)16-9/h3-6,10,14H,2H2,1H3. The molecule has 1 N–H and O–H groups in total. The zero-order chi connectivity index (χ0) is 11.5. The van der Waals surface area contributed by atoms with Gasteiger partial charge in [-0.1, -0.05) is 6.92 Å². The van der Waals surface area contributed by atoms with Gasteiger partial charge in [0.1, 0.15) is 11.8 Å². The van der Waals surface area contributed by atoms with Crippen LogP contribution in [0.2, 0.25) is 0 Å². The van der Waals surface area contributed by atoms with Gasteiger partial charge in [0.2, 0.25) is 0 Å². The second kappa shape index (κ2) is 5.49. The molecule has 0 bridgehead atoms. The van der Waals surface area contributed by atoms with Crippen LogP contribution in [0.5, 0.6) is 0 Å². The highest BCUT2D eigenvalue weighted by Gasteiger charge is 2.19. The number of thiophene rings is 1. The Morgan fingerprint density at radius 1 is 1.50 bits per heavy atom. The molecule has 0 spiro atoms. The van der Waals surface area contributed by atoms with Gasteiger partial charge in [0.25, 0.3) is 0 Å². The van der Waals surface area contributed by atoms with Gasteiger partial charge in [-0.3, -0.25) is 0 Å². The maximum absolute atomic E-state index is 5.47. The first kappa shape index (κ1) is 12.4. The van der Waals surface area contributed by atoms with Gasteiger partial charge in [-0.25, -0.2) is 0 Å². The van der Waals surface area contributed by atoms with Crippen LogP contribution >= 0.6 is 43.2 Å². The molecule has 2 aromatic heterocycles. The van der Waals surface area contributed by atoms with Crippen molar-refractivity contribution in [2.75, 3.05) is 6.54 Å². The maximum atomic E-state index is 5.47. The average molecular weight is 365 g/mol. The summed E-state index contributed by atoms with van der Waals surface area (Å²) in [6, 6.07) is 6.16. The minimum Gasteiger partial charge on any atom is -0.467 e. The third kappa shape index (κ3) is 2.59. The summed E-state index contributed by atoms with van der Waals surface area (Å²) < 4.78 is 7.66. The van der Waals surface area contributed by atoms with Gasteiger partial charge >= 0.3 is 0 Å². The second-order valence-corrected chi connectivity index (χ2v) is 6.53. The monoisotopic (exact) mass is 363 g/mol. The summed E-state index contributed by atoms with van der Waals surface area (Å²) in [6.07, 6.45) is 1.71. The third-order valence-electron chi connectivity index (χ3n) is 2.18. The summed E-state index contributed by atoms with van der Waals surface area (Å²) >= 11 is 8.72. The number of hydrogen-bond acceptors (Lipinski definition) is 3. The lowest BCUT2D eigenvalue weighted by atomic mass is 10.2. The first-order chi connectivity index (χ1) is 7.72. The predicted molar refractivity (Wildman–Crippen MR) is 73.9 cm³/mol. The summed E-state index contributed by atoms with van der Waals surface area (Å²) in [6.45, 7) is 2.99. The van der Waals surface area contributed by atoms with Crippen LogP contribution < -0.4 is 5.32 Å². The zero-order valence-electron chi connectivity index (χ0n) is 8.67. The molecule has 0 aliphatic heterocycles. The van der Waals surface area contributed by atoms with E-state index in [1.165, 1.54) is 4.88 Å². The summed E-state index contributed by atoms with van der Waals surface area (Å²) in [5, 5.41) is 3.42. The number of halogens is 2. The topological polar surface area (TPSA) is 25.2 Å². The SMILES string of the molecule is CCNC(c1ccco1)c1cc(Br)c(Br)s1. The lowest BCUT2D eigenvalue weighted by Gasteiger charge is -2.13. The first-order valence-electron chi connectivity index (χ1n) is 4.94. The van der Waals surface area contributed by atoms with E-state index in [0.29, 0.717) is 0 Å². The van der Waals surface area contributed by atoms with E-state index in [4.69, 9.17) is 4.42 Å². The molecule has 2 rings (SSSR count). The number of rotatable bonds is 4. The van der Waals surface area contributed by atoms with Crippen LogP contribution in [0.4, 0.5) is 0 Å². The van der Waals surface area contributed by atoms with Crippen LogP contribution in [0.15, 0.2) is 37.1 Å². The Bertz CT molecular complexity index is 433. The van der Waals surface area contributed by atoms with Crippen molar-refractivity contribution in [1.82, 2.24) is 5.32 Å². The fourth-order valence-corrected chi connectivity index (χ4v) is 3.68. The normalized spacial score (nSPS) is 12.9. The molecule has 0 saturated carbocycles. The lowest BCUT2D eigenvalue weighted by Crippen LogP contribution is -2.20. The predicted octanol–water partition coefficient (Wildman–Crippen LogP) is 4.57. The quantitative estimate of drug-likeness (QED) is 0.859. The molecule has 86 valence electrons. The molecule has 16 heavy (non-hydrogen) atoms. The second-order valence-electron chi connectivity index (χ2n) is 3.28. The van der Waals surface area contributed by atoms with Gasteiger partial charge in [0, 0.05) is 9.35 Å². The minimum atomic E-state index is 0.132. The Morgan fingerprint density at radius 2 is 2.31 bits per heavy atom. The highest BCUT2D eigenvalue weighted by molar-refractivity contribution is 9.13. The van der Waals surface area contributed by atoms with E-state index in [1.807, 2.05) is 12.1 Å². The van der Waals surface area contributed by atoms with Gasteiger partial charge in [0.05, 0.1) is 10.0 Å². The zero-order valence-corrected chi connectivity index (χ0v) is 12.7. The van der Waals surface area contributed by atoms with Crippen molar-refractivity contribution >= 4 is 43.2 Å². The van der Waals surface area contributed by atoms with E-state index in [1.54, 1.807) is 17.6 Å². The largest absolute Gasteiger partial charge is 0.467 e. The Hall–Kier alpha value is -0.1000. The average Bonchev–Trinajstić information content (AvgIpc) is 2.86. The third-order valence-corrected chi connectivity index (χ3v) is 5.51. The van der Waals surface area contributed by atoms with Crippen molar-refractivity contribution in [3.63, 3.8) is 0 Å². The molecule has 0 radical (unpaired) electrons. The van der Waals surface area contributed by atoms with Crippen molar-refractivity contribution < 1.29 is 4.42 Å². The molecule has 1 atom stereocenters. The van der Waals surface area contributed by atoms with Crippen LogP contribution in [0.1, 0.15) is 23.6 Å². The summed E-state index contributed by atoms with van der Waals surface area (Å²) in [7, 11) is 0. The summed E-state index contributed by atoms with van der Waals surface area (Å²) in [4.78, 5) is 1.23. The van der Waals surface area contributed by atoms with E-state index >= 15 is 0 Å². The molecular formula is C11H11Br2NOS. The van der Waals surface area contributed by atoms with Crippen molar-refractivity contribution in [3.05, 3.63) is 43.4 Å². The van der Waals surface area contributed by atoms with Crippen molar-refractivity contribution in [2.24, 2.45) is 0 Å². The summed E-state index contributed by atoms with van der Waals surface area (Å²) in [5.41, 5.74) is 0. The Labute approximate surface area is 115 Å². The molecule has 0 aliphatic carbocycles. The first-order valence-corrected chi connectivity index (χ1v) is 7.34. The number of hydrogen-bond donors (Lipinski definition) is 1. The molecule has 1 unspecified atom stereocenters.